The quantitative estimate of drug-likeness (QED) is 0.752. The maximum Gasteiger partial charge on any atom is 0.0894 e. The highest BCUT2D eigenvalue weighted by Crippen LogP contribution is 2.26. The first-order chi connectivity index (χ1) is 5.72. The van der Waals surface area contributed by atoms with Crippen molar-refractivity contribution < 1.29 is 0 Å². The van der Waals surface area contributed by atoms with Crippen molar-refractivity contribution in [2.24, 2.45) is 11.5 Å². The molecule has 0 spiro atoms. The van der Waals surface area contributed by atoms with Gasteiger partial charge >= 0.3 is 0 Å². The Morgan fingerprint density at radius 3 is 2.83 bits per heavy atom. The summed E-state index contributed by atoms with van der Waals surface area (Å²) in [6.45, 7) is 1.24. The number of nitrogens with two attached hydrogens (primary N) is 2. The van der Waals surface area contributed by atoms with E-state index in [1.54, 1.807) is 11.3 Å². The van der Waals surface area contributed by atoms with Crippen molar-refractivity contribution in [3.05, 3.63) is 15.9 Å². The zero-order valence-corrected chi connectivity index (χ0v) is 8.99. The van der Waals surface area contributed by atoms with Crippen LogP contribution in [0.3, 0.4) is 0 Å². The Bertz CT molecular complexity index is 238. The first-order valence-corrected chi connectivity index (χ1v) is 5.28. The lowest BCUT2D eigenvalue weighted by Crippen LogP contribution is -2.36. The van der Waals surface area contributed by atoms with Crippen LogP contribution in [0.1, 0.15) is 0 Å². The molecule has 0 saturated carbocycles. The Balaban J connectivity index is 2.33. The van der Waals surface area contributed by atoms with Crippen molar-refractivity contribution in [3.8, 4) is 0 Å². The van der Waals surface area contributed by atoms with Crippen LogP contribution in [0.5, 0.6) is 0 Å². The van der Waals surface area contributed by atoms with E-state index in [2.05, 4.69) is 21.2 Å². The number of anilines is 1. The predicted molar refractivity (Wildman–Crippen MR) is 57.5 cm³/mol. The van der Waals surface area contributed by atoms with Crippen molar-refractivity contribution in [2.45, 2.75) is 6.04 Å². The standard InChI is InChI=1S/C7H12BrN3S/c8-6-1-2-7(12-6)11-4-5(10)3-9/h1-2,5,11H,3-4,9-10H2. The molecule has 1 rings (SSSR count). The van der Waals surface area contributed by atoms with Crippen molar-refractivity contribution in [1.82, 2.24) is 0 Å². The van der Waals surface area contributed by atoms with Gasteiger partial charge in [-0.2, -0.15) is 0 Å². The van der Waals surface area contributed by atoms with Gasteiger partial charge in [-0.3, -0.25) is 0 Å². The smallest absolute Gasteiger partial charge is 0.0894 e. The van der Waals surface area contributed by atoms with E-state index in [0.717, 1.165) is 15.3 Å². The van der Waals surface area contributed by atoms with Crippen LogP contribution in [-0.4, -0.2) is 19.1 Å². The van der Waals surface area contributed by atoms with Gasteiger partial charge in [-0.05, 0) is 28.1 Å². The molecule has 0 fully saturated rings. The van der Waals surface area contributed by atoms with E-state index >= 15 is 0 Å². The van der Waals surface area contributed by atoms with Crippen molar-refractivity contribution in [2.75, 3.05) is 18.4 Å². The topological polar surface area (TPSA) is 64.1 Å². The summed E-state index contributed by atoms with van der Waals surface area (Å²) >= 11 is 5.03. The minimum Gasteiger partial charge on any atom is -0.375 e. The Morgan fingerprint density at radius 2 is 2.33 bits per heavy atom. The van der Waals surface area contributed by atoms with Crippen molar-refractivity contribution in [1.29, 1.82) is 0 Å². The third-order valence-corrected chi connectivity index (χ3v) is 3.00. The highest BCUT2D eigenvalue weighted by molar-refractivity contribution is 9.11. The van der Waals surface area contributed by atoms with Crippen LogP contribution >= 0.6 is 27.3 Å². The molecule has 5 heteroatoms. The summed E-state index contributed by atoms with van der Waals surface area (Å²) in [5.74, 6) is 0. The molecule has 0 amide bonds. The number of thiophene rings is 1. The summed E-state index contributed by atoms with van der Waals surface area (Å²) in [6.07, 6.45) is 0. The summed E-state index contributed by atoms with van der Waals surface area (Å²) in [4.78, 5) is 0. The summed E-state index contributed by atoms with van der Waals surface area (Å²) < 4.78 is 1.12. The third-order valence-electron chi connectivity index (χ3n) is 1.41. The molecule has 0 saturated heterocycles. The summed E-state index contributed by atoms with van der Waals surface area (Å²) in [6, 6.07) is 4.05. The van der Waals surface area contributed by atoms with Crippen LogP contribution in [-0.2, 0) is 0 Å². The predicted octanol–water partition coefficient (Wildman–Crippen LogP) is 1.21. The highest BCUT2D eigenvalue weighted by Gasteiger charge is 2.00. The second kappa shape index (κ2) is 4.81. The maximum atomic E-state index is 5.63. The van der Waals surface area contributed by atoms with E-state index < -0.39 is 0 Å². The summed E-state index contributed by atoms with van der Waals surface area (Å²) in [5.41, 5.74) is 11.0. The number of nitrogens with one attached hydrogen (secondary N) is 1. The summed E-state index contributed by atoms with van der Waals surface area (Å²) in [5, 5.41) is 4.32. The van der Waals surface area contributed by atoms with Crippen LogP contribution in [0.2, 0.25) is 0 Å². The van der Waals surface area contributed by atoms with Gasteiger partial charge in [-0.25, -0.2) is 0 Å². The maximum absolute atomic E-state index is 5.63. The zero-order chi connectivity index (χ0) is 8.97. The molecule has 68 valence electrons. The van der Waals surface area contributed by atoms with Gasteiger partial charge in [0.15, 0.2) is 0 Å². The van der Waals surface area contributed by atoms with Gasteiger partial charge in [-0.15, -0.1) is 11.3 Å². The monoisotopic (exact) mass is 249 g/mol. The van der Waals surface area contributed by atoms with Crippen LogP contribution < -0.4 is 16.8 Å². The molecule has 0 aliphatic rings. The lowest BCUT2D eigenvalue weighted by Gasteiger charge is -2.08. The fourth-order valence-electron chi connectivity index (χ4n) is 0.724. The molecule has 0 aliphatic carbocycles. The summed E-state index contributed by atoms with van der Waals surface area (Å²) in [7, 11) is 0. The first kappa shape index (κ1) is 9.98. The fourth-order valence-corrected chi connectivity index (χ4v) is 2.02. The molecule has 0 bridgehead atoms. The van der Waals surface area contributed by atoms with E-state index in [-0.39, 0.29) is 6.04 Å². The molecular weight excluding hydrogens is 238 g/mol. The van der Waals surface area contributed by atoms with Crippen LogP contribution in [0.15, 0.2) is 15.9 Å². The van der Waals surface area contributed by atoms with Gasteiger partial charge in [0.25, 0.3) is 0 Å². The minimum absolute atomic E-state index is 0.0332. The van der Waals surface area contributed by atoms with E-state index in [1.807, 2.05) is 12.1 Å². The van der Waals surface area contributed by atoms with Crippen molar-refractivity contribution >= 4 is 32.3 Å². The molecular formula is C7H12BrN3S. The molecule has 12 heavy (non-hydrogen) atoms. The normalized spacial score (nSPS) is 12.9. The van der Waals surface area contributed by atoms with Crippen LogP contribution in [0.25, 0.3) is 0 Å². The Morgan fingerprint density at radius 1 is 1.58 bits per heavy atom. The van der Waals surface area contributed by atoms with Crippen LogP contribution in [0, 0.1) is 0 Å². The fraction of sp³-hybridized carbons (Fsp3) is 0.429. The van der Waals surface area contributed by atoms with Gasteiger partial charge in [-0.1, -0.05) is 0 Å². The molecule has 5 N–H and O–H groups in total. The molecule has 1 unspecified atom stereocenters. The molecule has 1 aromatic heterocycles. The van der Waals surface area contributed by atoms with E-state index in [4.69, 9.17) is 11.5 Å². The third kappa shape index (κ3) is 3.10. The highest BCUT2D eigenvalue weighted by atomic mass is 79.9. The van der Waals surface area contributed by atoms with Gasteiger partial charge in [0.05, 0.1) is 8.79 Å². The lowest BCUT2D eigenvalue weighted by molar-refractivity contribution is 0.714. The number of hydrogen-bond acceptors (Lipinski definition) is 4. The molecule has 0 aromatic carbocycles. The van der Waals surface area contributed by atoms with Gasteiger partial charge in [0.1, 0.15) is 0 Å². The average Bonchev–Trinajstić information content (AvgIpc) is 2.47. The number of halogens is 1. The van der Waals surface area contributed by atoms with E-state index in [0.29, 0.717) is 6.54 Å². The molecule has 0 radical (unpaired) electrons. The molecule has 1 heterocycles. The molecule has 1 aromatic rings. The number of rotatable bonds is 4. The second-order valence-corrected chi connectivity index (χ2v) is 4.94. The van der Waals surface area contributed by atoms with Crippen molar-refractivity contribution in [3.63, 3.8) is 0 Å². The lowest BCUT2D eigenvalue weighted by atomic mass is 10.3. The molecule has 3 nitrogen and oxygen atoms in total. The van der Waals surface area contributed by atoms with Gasteiger partial charge in [0, 0.05) is 19.1 Å². The number of hydrogen-bond donors (Lipinski definition) is 3. The molecule has 0 aliphatic heterocycles. The van der Waals surface area contributed by atoms with E-state index in [1.165, 1.54) is 0 Å². The Kier molecular flexibility index (Phi) is 4.00. The zero-order valence-electron chi connectivity index (χ0n) is 6.59. The van der Waals surface area contributed by atoms with Gasteiger partial charge in [0.2, 0.25) is 0 Å². The Labute approximate surface area is 84.3 Å². The minimum atomic E-state index is 0.0332. The first-order valence-electron chi connectivity index (χ1n) is 3.67. The van der Waals surface area contributed by atoms with E-state index in [9.17, 15) is 0 Å². The van der Waals surface area contributed by atoms with Crippen LogP contribution in [0.4, 0.5) is 5.00 Å². The Hall–Kier alpha value is -0.100. The molecule has 1 atom stereocenters. The largest absolute Gasteiger partial charge is 0.375 e. The SMILES string of the molecule is NCC(N)CNc1ccc(Br)s1. The second-order valence-electron chi connectivity index (χ2n) is 2.48. The average molecular weight is 250 g/mol. The van der Waals surface area contributed by atoms with Gasteiger partial charge < -0.3 is 16.8 Å².